The molecule has 0 saturated carbocycles. The fraction of sp³-hybridized carbons (Fsp3) is 0. The molecule has 1 aliphatic rings. The maximum Gasteiger partial charge on any atom is 0.286 e. The third-order valence-electron chi connectivity index (χ3n) is 3.69. The largest absolute Gasteiger partial charge is 0.332 e. The van der Waals surface area contributed by atoms with E-state index in [0.717, 1.165) is 11.3 Å². The van der Waals surface area contributed by atoms with Crippen LogP contribution >= 0.6 is 35.0 Å². The van der Waals surface area contributed by atoms with E-state index in [-0.39, 0.29) is 5.91 Å². The smallest absolute Gasteiger partial charge is 0.286 e. The summed E-state index contributed by atoms with van der Waals surface area (Å²) in [6.07, 6.45) is 4.88. The van der Waals surface area contributed by atoms with Crippen molar-refractivity contribution in [3.05, 3.63) is 75.6 Å². The second kappa shape index (κ2) is 7.56. The molecule has 0 bridgehead atoms. The van der Waals surface area contributed by atoms with E-state index in [0.29, 0.717) is 25.8 Å². The molecule has 9 heteroatoms. The average Bonchev–Trinajstić information content (AvgIpc) is 3.30. The molecule has 0 aliphatic carbocycles. The van der Waals surface area contributed by atoms with Crippen molar-refractivity contribution in [2.45, 2.75) is 0 Å². The minimum Gasteiger partial charge on any atom is -0.332 e. The van der Waals surface area contributed by atoms with Crippen LogP contribution in [0.5, 0.6) is 0 Å². The minimum atomic E-state index is -0.314. The van der Waals surface area contributed by atoms with Crippen LogP contribution in [0.4, 0.5) is 5.69 Å². The third kappa shape index (κ3) is 3.90. The summed E-state index contributed by atoms with van der Waals surface area (Å²) in [7, 11) is 0. The zero-order valence-electron chi connectivity index (χ0n) is 13.6. The van der Waals surface area contributed by atoms with Crippen LogP contribution in [0.2, 0.25) is 10.0 Å². The summed E-state index contributed by atoms with van der Waals surface area (Å²) in [5.41, 5.74) is 2.28. The number of nitrogens with one attached hydrogen (secondary N) is 1. The zero-order chi connectivity index (χ0) is 18.8. The molecule has 1 N–H and O–H groups in total. The molecule has 1 amide bonds. The van der Waals surface area contributed by atoms with Gasteiger partial charge in [0.1, 0.15) is 12.7 Å². The SMILES string of the molecule is O=C1N=C(Nc2c(Cl)cccc2Cl)SC1=Cc1ccc(-n2cncn2)cc1. The van der Waals surface area contributed by atoms with Gasteiger partial charge in [-0.2, -0.15) is 10.1 Å². The van der Waals surface area contributed by atoms with Gasteiger partial charge in [-0.3, -0.25) is 4.79 Å². The van der Waals surface area contributed by atoms with Gasteiger partial charge < -0.3 is 5.32 Å². The molecular weight excluding hydrogens is 405 g/mol. The maximum absolute atomic E-state index is 12.2. The van der Waals surface area contributed by atoms with Crippen molar-refractivity contribution in [3.8, 4) is 5.69 Å². The van der Waals surface area contributed by atoms with Crippen molar-refractivity contribution in [2.24, 2.45) is 4.99 Å². The Hall–Kier alpha value is -2.61. The third-order valence-corrected chi connectivity index (χ3v) is 5.22. The lowest BCUT2D eigenvalue weighted by atomic mass is 10.2. The van der Waals surface area contributed by atoms with Crippen molar-refractivity contribution < 1.29 is 4.79 Å². The summed E-state index contributed by atoms with van der Waals surface area (Å²) >= 11 is 13.5. The van der Waals surface area contributed by atoms with Gasteiger partial charge in [0.2, 0.25) is 0 Å². The highest BCUT2D eigenvalue weighted by molar-refractivity contribution is 8.18. The molecule has 0 spiro atoms. The van der Waals surface area contributed by atoms with Crippen molar-refractivity contribution in [1.29, 1.82) is 0 Å². The topological polar surface area (TPSA) is 72.2 Å². The van der Waals surface area contributed by atoms with Crippen molar-refractivity contribution >= 4 is 57.8 Å². The first-order chi connectivity index (χ1) is 13.1. The van der Waals surface area contributed by atoms with Crippen LogP contribution in [0.25, 0.3) is 11.8 Å². The van der Waals surface area contributed by atoms with Crippen molar-refractivity contribution in [1.82, 2.24) is 14.8 Å². The Morgan fingerprint density at radius 2 is 1.81 bits per heavy atom. The first kappa shape index (κ1) is 17.8. The Morgan fingerprint density at radius 1 is 1.07 bits per heavy atom. The van der Waals surface area contributed by atoms with E-state index < -0.39 is 0 Å². The summed E-state index contributed by atoms with van der Waals surface area (Å²) in [6.45, 7) is 0. The lowest BCUT2D eigenvalue weighted by Crippen LogP contribution is -2.05. The van der Waals surface area contributed by atoms with Gasteiger partial charge in [0.05, 0.1) is 26.3 Å². The number of benzene rings is 2. The van der Waals surface area contributed by atoms with Gasteiger partial charge in [-0.15, -0.1) is 0 Å². The first-order valence-electron chi connectivity index (χ1n) is 7.79. The molecule has 0 atom stereocenters. The monoisotopic (exact) mass is 415 g/mol. The quantitative estimate of drug-likeness (QED) is 0.629. The Kier molecular flexibility index (Phi) is 4.98. The number of carbonyl (C=O) groups is 1. The number of thioether (sulfide) groups is 1. The maximum atomic E-state index is 12.2. The van der Waals surface area contributed by atoms with Crippen LogP contribution in [0.3, 0.4) is 0 Å². The second-order valence-electron chi connectivity index (χ2n) is 5.49. The molecule has 6 nitrogen and oxygen atoms in total. The normalized spacial score (nSPS) is 15.3. The molecule has 1 aliphatic heterocycles. The summed E-state index contributed by atoms with van der Waals surface area (Å²) < 4.78 is 1.66. The molecule has 3 aromatic rings. The number of nitrogens with zero attached hydrogens (tertiary/aromatic N) is 4. The molecule has 0 radical (unpaired) electrons. The number of hydrogen-bond donors (Lipinski definition) is 1. The number of aliphatic imine (C=N–C) groups is 1. The lowest BCUT2D eigenvalue weighted by Gasteiger charge is -2.08. The lowest BCUT2D eigenvalue weighted by molar-refractivity contribution is -0.113. The summed E-state index contributed by atoms with van der Waals surface area (Å²) in [4.78, 5) is 20.6. The number of carbonyl (C=O) groups excluding carboxylic acids is 1. The molecule has 27 heavy (non-hydrogen) atoms. The molecule has 134 valence electrons. The van der Waals surface area contributed by atoms with E-state index in [2.05, 4.69) is 20.4 Å². The number of rotatable bonds is 3. The highest BCUT2D eigenvalue weighted by Crippen LogP contribution is 2.34. The average molecular weight is 416 g/mol. The molecule has 0 fully saturated rings. The Balaban J connectivity index is 1.50. The van der Waals surface area contributed by atoms with Gasteiger partial charge in [-0.05, 0) is 47.7 Å². The van der Waals surface area contributed by atoms with E-state index in [4.69, 9.17) is 23.2 Å². The molecule has 2 aromatic carbocycles. The van der Waals surface area contributed by atoms with Crippen LogP contribution in [0.1, 0.15) is 5.56 Å². The Morgan fingerprint density at radius 3 is 2.48 bits per heavy atom. The predicted octanol–water partition coefficient (Wildman–Crippen LogP) is 4.66. The van der Waals surface area contributed by atoms with Crippen LogP contribution in [-0.2, 0) is 4.79 Å². The number of para-hydroxylation sites is 1. The number of amidine groups is 1. The van der Waals surface area contributed by atoms with E-state index in [1.165, 1.54) is 18.1 Å². The number of hydrogen-bond acceptors (Lipinski definition) is 5. The van der Waals surface area contributed by atoms with Crippen molar-refractivity contribution in [2.75, 3.05) is 5.32 Å². The van der Waals surface area contributed by atoms with Gasteiger partial charge in [-0.25, -0.2) is 9.67 Å². The second-order valence-corrected chi connectivity index (χ2v) is 7.33. The summed E-state index contributed by atoms with van der Waals surface area (Å²) in [5, 5.41) is 8.45. The fourth-order valence-corrected chi connectivity index (χ4v) is 3.71. The number of amides is 1. The summed E-state index contributed by atoms with van der Waals surface area (Å²) in [6, 6.07) is 12.8. The Labute approximate surface area is 168 Å². The van der Waals surface area contributed by atoms with Crippen molar-refractivity contribution in [3.63, 3.8) is 0 Å². The minimum absolute atomic E-state index is 0.314. The van der Waals surface area contributed by atoms with Gasteiger partial charge in [-0.1, -0.05) is 41.4 Å². The van der Waals surface area contributed by atoms with Crippen LogP contribution in [0, 0.1) is 0 Å². The molecule has 1 aromatic heterocycles. The van der Waals surface area contributed by atoms with E-state index >= 15 is 0 Å². The Bertz CT molecular complexity index is 1040. The standard InChI is InChI=1S/C18H11Cl2N5OS/c19-13-2-1-3-14(20)16(13)23-18-24-17(26)15(27-18)8-11-4-6-12(7-5-11)25-10-21-9-22-25/h1-10H,(H,23,24,26). The zero-order valence-corrected chi connectivity index (χ0v) is 16.0. The van der Waals surface area contributed by atoms with Gasteiger partial charge in [0.25, 0.3) is 5.91 Å². The highest BCUT2D eigenvalue weighted by atomic mass is 35.5. The predicted molar refractivity (Wildman–Crippen MR) is 109 cm³/mol. The van der Waals surface area contributed by atoms with E-state index in [1.54, 1.807) is 35.3 Å². The van der Waals surface area contributed by atoms with E-state index in [9.17, 15) is 4.79 Å². The molecule has 2 heterocycles. The highest BCUT2D eigenvalue weighted by Gasteiger charge is 2.23. The van der Waals surface area contributed by atoms with E-state index in [1.807, 2.05) is 24.3 Å². The molecule has 0 unspecified atom stereocenters. The summed E-state index contributed by atoms with van der Waals surface area (Å²) in [5.74, 6) is -0.314. The number of aromatic nitrogens is 3. The molecular formula is C18H11Cl2N5OS. The number of halogens is 2. The first-order valence-corrected chi connectivity index (χ1v) is 9.36. The fourth-order valence-electron chi connectivity index (χ4n) is 2.40. The van der Waals surface area contributed by atoms with Gasteiger partial charge in [0, 0.05) is 0 Å². The molecule has 4 rings (SSSR count). The molecule has 0 saturated heterocycles. The van der Waals surface area contributed by atoms with Gasteiger partial charge >= 0.3 is 0 Å². The van der Waals surface area contributed by atoms with Gasteiger partial charge in [0.15, 0.2) is 5.17 Å². The van der Waals surface area contributed by atoms with Crippen LogP contribution in [-0.4, -0.2) is 25.8 Å². The number of anilines is 1. The van der Waals surface area contributed by atoms with Crippen LogP contribution < -0.4 is 5.32 Å². The van der Waals surface area contributed by atoms with Crippen LogP contribution in [0.15, 0.2) is 65.0 Å².